The van der Waals surface area contributed by atoms with Gasteiger partial charge in [0.2, 0.25) is 0 Å². The lowest BCUT2D eigenvalue weighted by Gasteiger charge is -2.13. The van der Waals surface area contributed by atoms with E-state index >= 15 is 0 Å². The number of carbonyl (C=O) groups excluding carboxylic acids is 1. The molecule has 2 heterocycles. The minimum Gasteiger partial charge on any atom is -0.380 e. The van der Waals surface area contributed by atoms with Gasteiger partial charge in [0, 0.05) is 29.5 Å². The first-order chi connectivity index (χ1) is 14.8. The number of pyridine rings is 1. The van der Waals surface area contributed by atoms with Crippen molar-refractivity contribution in [1.82, 2.24) is 10.5 Å². The summed E-state index contributed by atoms with van der Waals surface area (Å²) in [7, 11) is 0. The lowest BCUT2D eigenvalue weighted by Crippen LogP contribution is -2.24. The van der Waals surface area contributed by atoms with E-state index in [0.717, 1.165) is 22.4 Å². The molecule has 30 heavy (non-hydrogen) atoms. The Labute approximate surface area is 179 Å². The number of nitrogens with one attached hydrogen (secondary N) is 2. The van der Waals surface area contributed by atoms with E-state index in [1.54, 1.807) is 29.8 Å². The summed E-state index contributed by atoms with van der Waals surface area (Å²) in [5.41, 5.74) is 7.06. The van der Waals surface area contributed by atoms with E-state index in [0.29, 0.717) is 12.1 Å². The highest BCUT2D eigenvalue weighted by molar-refractivity contribution is 7.13. The number of hydrogen-bond donors (Lipinski definition) is 2. The quantitative estimate of drug-likeness (QED) is 0.384. The second-order valence-corrected chi connectivity index (χ2v) is 7.56. The lowest BCUT2D eigenvalue weighted by molar-refractivity contribution is 0.0235. The number of amides is 1. The molecule has 0 unspecified atom stereocenters. The Balaban J connectivity index is 1.38. The molecule has 0 bridgehead atoms. The van der Waals surface area contributed by atoms with Crippen LogP contribution >= 0.6 is 11.3 Å². The molecule has 150 valence electrons. The van der Waals surface area contributed by atoms with E-state index in [1.165, 1.54) is 4.88 Å². The average Bonchev–Trinajstić information content (AvgIpc) is 3.34. The molecular weight excluding hydrogens is 394 g/mol. The number of para-hydroxylation sites is 1. The first-order valence-electron chi connectivity index (χ1n) is 9.57. The first kappa shape index (κ1) is 19.8. The molecule has 5 nitrogen and oxygen atoms in total. The van der Waals surface area contributed by atoms with Crippen molar-refractivity contribution in [3.63, 3.8) is 0 Å². The number of hydrogen-bond acceptors (Lipinski definition) is 5. The van der Waals surface area contributed by atoms with Crippen molar-refractivity contribution in [2.24, 2.45) is 0 Å². The molecule has 0 spiro atoms. The fourth-order valence-electron chi connectivity index (χ4n) is 3.09. The SMILES string of the molecule is O=C(NOCc1ccccc1-c1cccs1)c1ccccc1NCc1ccncc1. The van der Waals surface area contributed by atoms with Gasteiger partial charge in [0.1, 0.15) is 6.61 Å². The second-order valence-electron chi connectivity index (χ2n) is 6.61. The molecule has 4 rings (SSSR count). The number of anilines is 1. The minimum atomic E-state index is -0.290. The number of aromatic nitrogens is 1. The van der Waals surface area contributed by atoms with Crippen molar-refractivity contribution < 1.29 is 9.63 Å². The van der Waals surface area contributed by atoms with Gasteiger partial charge in [0.15, 0.2) is 0 Å². The van der Waals surface area contributed by atoms with Crippen molar-refractivity contribution in [2.45, 2.75) is 13.2 Å². The van der Waals surface area contributed by atoms with Crippen LogP contribution in [0.25, 0.3) is 10.4 Å². The molecule has 2 N–H and O–H groups in total. The number of benzene rings is 2. The Morgan fingerprint density at radius 2 is 1.73 bits per heavy atom. The van der Waals surface area contributed by atoms with Gasteiger partial charge in [-0.15, -0.1) is 11.3 Å². The van der Waals surface area contributed by atoms with Gasteiger partial charge in [0.05, 0.1) is 5.56 Å². The maximum atomic E-state index is 12.7. The van der Waals surface area contributed by atoms with E-state index in [9.17, 15) is 4.79 Å². The molecule has 0 aliphatic rings. The second kappa shape index (κ2) is 9.82. The molecule has 0 radical (unpaired) electrons. The zero-order valence-corrected chi connectivity index (χ0v) is 17.1. The van der Waals surface area contributed by atoms with Gasteiger partial charge in [-0.05, 0) is 52.4 Å². The highest BCUT2D eigenvalue weighted by Crippen LogP contribution is 2.28. The Bertz CT molecular complexity index is 1100. The van der Waals surface area contributed by atoms with E-state index in [-0.39, 0.29) is 12.5 Å². The van der Waals surface area contributed by atoms with Crippen LogP contribution in [0.2, 0.25) is 0 Å². The standard InChI is InChI=1S/C24H21N3O2S/c28-24(21-8-3-4-9-22(21)26-16-18-11-13-25-14-12-18)27-29-17-19-6-1-2-7-20(19)23-10-5-15-30-23/h1-15,26H,16-17H2,(H,27,28). The minimum absolute atomic E-state index is 0.284. The fraction of sp³-hybridized carbons (Fsp3) is 0.0833. The van der Waals surface area contributed by atoms with Gasteiger partial charge >= 0.3 is 0 Å². The van der Waals surface area contributed by atoms with Gasteiger partial charge in [-0.3, -0.25) is 14.6 Å². The Morgan fingerprint density at radius 1 is 0.933 bits per heavy atom. The van der Waals surface area contributed by atoms with Crippen molar-refractivity contribution in [3.8, 4) is 10.4 Å². The molecule has 2 aromatic heterocycles. The van der Waals surface area contributed by atoms with Crippen LogP contribution in [0.4, 0.5) is 5.69 Å². The summed E-state index contributed by atoms with van der Waals surface area (Å²) in [6, 6.07) is 23.4. The van der Waals surface area contributed by atoms with Crippen LogP contribution in [0.5, 0.6) is 0 Å². The number of hydroxylamine groups is 1. The summed E-state index contributed by atoms with van der Waals surface area (Å²) in [6.45, 7) is 0.883. The molecule has 0 atom stereocenters. The third kappa shape index (κ3) is 4.92. The molecule has 1 amide bonds. The molecular formula is C24H21N3O2S. The summed E-state index contributed by atoms with van der Waals surface area (Å²) in [6.07, 6.45) is 3.50. The van der Waals surface area contributed by atoms with E-state index in [2.05, 4.69) is 27.9 Å². The smallest absolute Gasteiger partial charge is 0.276 e. The Morgan fingerprint density at radius 3 is 2.57 bits per heavy atom. The highest BCUT2D eigenvalue weighted by Gasteiger charge is 2.12. The molecule has 4 aromatic rings. The predicted octanol–water partition coefficient (Wildman–Crippen LogP) is 5.28. The van der Waals surface area contributed by atoms with Gasteiger partial charge in [0.25, 0.3) is 5.91 Å². The van der Waals surface area contributed by atoms with Gasteiger partial charge in [-0.2, -0.15) is 0 Å². The molecule has 6 heteroatoms. The summed E-state index contributed by atoms with van der Waals surface area (Å²) in [5, 5.41) is 5.35. The normalized spacial score (nSPS) is 10.5. The number of nitrogens with zero attached hydrogens (tertiary/aromatic N) is 1. The number of rotatable bonds is 8. The van der Waals surface area contributed by atoms with Crippen LogP contribution < -0.4 is 10.8 Å². The first-order valence-corrected chi connectivity index (χ1v) is 10.4. The summed E-state index contributed by atoms with van der Waals surface area (Å²) < 4.78 is 0. The average molecular weight is 416 g/mol. The maximum Gasteiger partial charge on any atom is 0.276 e. The van der Waals surface area contributed by atoms with Crippen molar-refractivity contribution in [2.75, 3.05) is 5.32 Å². The summed E-state index contributed by atoms with van der Waals surface area (Å²) >= 11 is 1.68. The molecule has 0 fully saturated rings. The molecule has 0 saturated heterocycles. The van der Waals surface area contributed by atoms with Crippen LogP contribution in [0, 0.1) is 0 Å². The summed E-state index contributed by atoms with van der Waals surface area (Å²) in [4.78, 5) is 23.4. The van der Waals surface area contributed by atoms with Crippen LogP contribution in [0.1, 0.15) is 21.5 Å². The largest absolute Gasteiger partial charge is 0.380 e. The Hall–Kier alpha value is -3.48. The third-order valence-electron chi connectivity index (χ3n) is 4.60. The Kier molecular flexibility index (Phi) is 6.49. The number of thiophene rings is 1. The monoisotopic (exact) mass is 415 g/mol. The predicted molar refractivity (Wildman–Crippen MR) is 120 cm³/mol. The topological polar surface area (TPSA) is 63.2 Å². The molecule has 0 saturated carbocycles. The van der Waals surface area contributed by atoms with Gasteiger partial charge in [-0.1, -0.05) is 42.5 Å². The van der Waals surface area contributed by atoms with Crippen LogP contribution in [-0.4, -0.2) is 10.9 Å². The molecule has 0 aliphatic carbocycles. The van der Waals surface area contributed by atoms with Gasteiger partial charge in [-0.25, -0.2) is 5.48 Å². The van der Waals surface area contributed by atoms with Crippen molar-refractivity contribution >= 4 is 22.9 Å². The highest BCUT2D eigenvalue weighted by atomic mass is 32.1. The third-order valence-corrected chi connectivity index (χ3v) is 5.50. The zero-order chi connectivity index (χ0) is 20.6. The lowest BCUT2D eigenvalue weighted by atomic mass is 10.1. The number of carbonyl (C=O) groups is 1. The van der Waals surface area contributed by atoms with E-state index < -0.39 is 0 Å². The van der Waals surface area contributed by atoms with Crippen LogP contribution in [0.3, 0.4) is 0 Å². The van der Waals surface area contributed by atoms with Crippen molar-refractivity contribution in [3.05, 3.63) is 107 Å². The van der Waals surface area contributed by atoms with Gasteiger partial charge < -0.3 is 5.32 Å². The molecule has 0 aliphatic heterocycles. The molecule has 2 aromatic carbocycles. The summed E-state index contributed by atoms with van der Waals surface area (Å²) in [5.74, 6) is -0.290. The zero-order valence-electron chi connectivity index (χ0n) is 16.2. The van der Waals surface area contributed by atoms with Crippen LogP contribution in [-0.2, 0) is 18.0 Å². The maximum absolute atomic E-state index is 12.7. The van der Waals surface area contributed by atoms with E-state index in [4.69, 9.17) is 4.84 Å². The fourth-order valence-corrected chi connectivity index (χ4v) is 3.87. The van der Waals surface area contributed by atoms with Crippen molar-refractivity contribution in [1.29, 1.82) is 0 Å². The van der Waals surface area contributed by atoms with Crippen LogP contribution in [0.15, 0.2) is 90.6 Å². The van der Waals surface area contributed by atoms with E-state index in [1.807, 2.05) is 60.0 Å².